The first kappa shape index (κ1) is 48.1. The van der Waals surface area contributed by atoms with E-state index in [1.165, 1.54) is 25.1 Å². The largest absolute Gasteiger partial charge is 0.444 e. The van der Waals surface area contributed by atoms with Crippen LogP contribution in [0, 0.1) is 11.8 Å². The Morgan fingerprint density at radius 2 is 1.32 bits per heavy atom. The average Bonchev–Trinajstić information content (AvgIpc) is 3.34. The molecular weight excluding hydrogens is 766 g/mol. The first-order chi connectivity index (χ1) is 27.3. The van der Waals surface area contributed by atoms with E-state index in [9.17, 15) is 33.6 Å². The van der Waals surface area contributed by atoms with Gasteiger partial charge in [0.05, 0.1) is 35.4 Å². The zero-order valence-electron chi connectivity index (χ0n) is 36.4. The number of carbonyl (C=O) groups is 7. The summed E-state index contributed by atoms with van der Waals surface area (Å²) < 4.78 is 28.8. The van der Waals surface area contributed by atoms with Gasteiger partial charge in [0.25, 0.3) is 11.8 Å². The Kier molecular flexibility index (Phi) is 16.4. The lowest BCUT2D eigenvalue weighted by molar-refractivity contribution is -0.197. The van der Waals surface area contributed by atoms with E-state index in [-0.39, 0.29) is 29.2 Å². The van der Waals surface area contributed by atoms with Gasteiger partial charge in [-0.25, -0.2) is 24.2 Å². The fourth-order valence-corrected chi connectivity index (χ4v) is 6.32. The van der Waals surface area contributed by atoms with Gasteiger partial charge in [0.1, 0.15) is 17.2 Å². The van der Waals surface area contributed by atoms with Crippen molar-refractivity contribution in [1.29, 1.82) is 0 Å². The highest BCUT2D eigenvalue weighted by molar-refractivity contribution is 6.22. The Balaban J connectivity index is 2.03. The molecule has 0 saturated heterocycles. The number of alkyl carbamates (subject to hydrolysis) is 2. The van der Waals surface area contributed by atoms with Crippen molar-refractivity contribution < 1.29 is 57.2 Å². The van der Waals surface area contributed by atoms with Crippen LogP contribution >= 0.6 is 0 Å². The van der Waals surface area contributed by atoms with Crippen LogP contribution in [0.1, 0.15) is 130 Å². The molecule has 5 amide bonds. The van der Waals surface area contributed by atoms with Crippen molar-refractivity contribution in [2.24, 2.45) is 16.8 Å². The summed E-state index contributed by atoms with van der Waals surface area (Å²) in [5.41, 5.74) is -1.49. The highest BCUT2D eigenvalue weighted by Crippen LogP contribution is 2.31. The molecule has 1 aromatic carbocycles. The van der Waals surface area contributed by atoms with Gasteiger partial charge in [0, 0.05) is 24.8 Å². The number of nitrogens with one attached hydrogen (secondary N) is 3. The minimum Gasteiger partial charge on any atom is -0.444 e. The molecule has 1 aliphatic carbocycles. The molecule has 5 atom stereocenters. The summed E-state index contributed by atoms with van der Waals surface area (Å²) in [4.78, 5) is 98.7. The number of rotatable bonds is 13. The molecule has 1 aliphatic heterocycles. The van der Waals surface area contributed by atoms with Crippen molar-refractivity contribution in [3.8, 4) is 0 Å². The van der Waals surface area contributed by atoms with Gasteiger partial charge >= 0.3 is 24.1 Å². The Labute approximate surface area is 346 Å². The quantitative estimate of drug-likeness (QED) is 0.0557. The molecule has 59 heavy (non-hydrogen) atoms. The predicted octanol–water partition coefficient (Wildman–Crippen LogP) is 5.56. The van der Waals surface area contributed by atoms with Crippen molar-refractivity contribution >= 4 is 47.8 Å². The van der Waals surface area contributed by atoms with Crippen LogP contribution in [0.5, 0.6) is 0 Å². The molecule has 1 unspecified atom stereocenters. The third-order valence-electron chi connectivity index (χ3n) is 8.97. The maximum atomic E-state index is 14.1. The highest BCUT2D eigenvalue weighted by Gasteiger charge is 2.46. The van der Waals surface area contributed by atoms with Crippen LogP contribution in [0.3, 0.4) is 0 Å². The van der Waals surface area contributed by atoms with E-state index >= 15 is 0 Å². The van der Waals surface area contributed by atoms with E-state index in [0.717, 1.165) is 4.90 Å². The Hall–Kier alpha value is -5.32. The van der Waals surface area contributed by atoms with Crippen LogP contribution < -0.4 is 16.0 Å². The molecule has 0 radical (unpaired) electrons. The number of benzene rings is 1. The number of hydrogen-bond donors (Lipinski definition) is 3. The molecule has 17 heteroatoms. The molecule has 3 N–H and O–H groups in total. The van der Waals surface area contributed by atoms with Crippen molar-refractivity contribution in [3.05, 3.63) is 47.0 Å². The van der Waals surface area contributed by atoms with Crippen LogP contribution in [-0.2, 0) is 38.1 Å². The van der Waals surface area contributed by atoms with Crippen molar-refractivity contribution in [2.45, 2.75) is 157 Å². The fourth-order valence-electron chi connectivity index (χ4n) is 6.32. The van der Waals surface area contributed by atoms with E-state index in [4.69, 9.17) is 23.7 Å². The summed E-state index contributed by atoms with van der Waals surface area (Å²) in [6.07, 6.45) is -2.22. The predicted molar refractivity (Wildman–Crippen MR) is 216 cm³/mol. The second-order valence-corrected chi connectivity index (χ2v) is 17.1. The summed E-state index contributed by atoms with van der Waals surface area (Å²) >= 11 is 0. The number of nitrogens with zero attached hydrogens (tertiary/aromatic N) is 2. The van der Waals surface area contributed by atoms with Gasteiger partial charge in [-0.3, -0.25) is 29.9 Å². The van der Waals surface area contributed by atoms with Crippen LogP contribution in [0.15, 0.2) is 40.9 Å². The molecule has 0 saturated carbocycles. The maximum absolute atomic E-state index is 14.1. The number of imide groups is 1. The van der Waals surface area contributed by atoms with E-state index < -0.39 is 101 Å². The SMILES string of the molecule is CCC(CC)O[C@@H]1C=C(C(=O)OC(OC(=O)[C@@H](C(C)C)N2C(=O)c3ccccc3C2=O)C(C)C)C[C@H](N=C(NC(=O)OC(C)(C)C)NC(=O)OC(C)(C)C)[C@H]1NC(C)=O. The van der Waals surface area contributed by atoms with Crippen molar-refractivity contribution in [1.82, 2.24) is 20.9 Å². The number of carbonyl (C=O) groups excluding carboxylic acids is 7. The average molecular weight is 828 g/mol. The van der Waals surface area contributed by atoms with Crippen LogP contribution in [0.25, 0.3) is 0 Å². The van der Waals surface area contributed by atoms with Crippen LogP contribution in [-0.4, -0.2) is 101 Å². The van der Waals surface area contributed by atoms with Crippen molar-refractivity contribution in [2.75, 3.05) is 0 Å². The first-order valence-corrected chi connectivity index (χ1v) is 19.9. The molecule has 0 bridgehead atoms. The lowest BCUT2D eigenvalue weighted by atomic mass is 9.87. The van der Waals surface area contributed by atoms with Gasteiger partial charge in [-0.1, -0.05) is 53.7 Å². The van der Waals surface area contributed by atoms with E-state index in [1.54, 1.807) is 81.4 Å². The number of aliphatic imine (C=N–C) groups is 1. The maximum Gasteiger partial charge on any atom is 0.414 e. The van der Waals surface area contributed by atoms with Gasteiger partial charge in [0.2, 0.25) is 18.2 Å². The Morgan fingerprint density at radius 3 is 1.75 bits per heavy atom. The number of fused-ring (bicyclic) bond motifs is 1. The topological polar surface area (TPSA) is 217 Å². The van der Waals surface area contributed by atoms with Crippen molar-refractivity contribution in [3.63, 3.8) is 0 Å². The molecule has 2 aliphatic rings. The zero-order valence-corrected chi connectivity index (χ0v) is 36.4. The molecule has 17 nitrogen and oxygen atoms in total. The third-order valence-corrected chi connectivity index (χ3v) is 8.97. The van der Waals surface area contributed by atoms with Gasteiger partial charge in [-0.05, 0) is 78.5 Å². The molecule has 0 spiro atoms. The van der Waals surface area contributed by atoms with Gasteiger partial charge < -0.3 is 29.0 Å². The van der Waals surface area contributed by atoms with Crippen LogP contribution in [0.4, 0.5) is 9.59 Å². The number of hydrogen-bond acceptors (Lipinski definition) is 13. The summed E-state index contributed by atoms with van der Waals surface area (Å²) in [5.74, 6) is -5.16. The number of esters is 2. The molecule has 3 rings (SSSR count). The standard InChI is InChI=1S/C42H61N5O12/c1-14-26(15-2)55-30-21-25(20-29(31(30)43-24(7)48)44-38(45-39(53)58-41(8,9)10)46-40(54)59-42(11,12)13)35(51)56-37(23(5)6)57-36(52)32(22(3)4)47-33(49)27-18-16-17-19-28(27)34(47)50/h16-19,21-23,26,29-32,37H,14-15,20H2,1-13H3,(H,43,48)(H2,44,45,46,53,54)/t29-,30+,31+,32+,37?/m0/s1. The number of ether oxygens (including phenoxy) is 5. The third kappa shape index (κ3) is 13.6. The lowest BCUT2D eigenvalue weighted by Gasteiger charge is -2.37. The smallest absolute Gasteiger partial charge is 0.414 e. The fraction of sp³-hybridized carbons (Fsp3) is 0.619. The second-order valence-electron chi connectivity index (χ2n) is 17.1. The van der Waals surface area contributed by atoms with E-state index in [0.29, 0.717) is 12.8 Å². The monoisotopic (exact) mass is 827 g/mol. The summed E-state index contributed by atoms with van der Waals surface area (Å²) in [6.45, 7) is 21.7. The van der Waals surface area contributed by atoms with E-state index in [1.807, 2.05) is 13.8 Å². The minimum atomic E-state index is -1.47. The van der Waals surface area contributed by atoms with Gasteiger partial charge in [0.15, 0.2) is 0 Å². The summed E-state index contributed by atoms with van der Waals surface area (Å²) in [6, 6.07) is 2.92. The first-order valence-electron chi connectivity index (χ1n) is 19.9. The van der Waals surface area contributed by atoms with Gasteiger partial charge in [-0.2, -0.15) is 0 Å². The molecule has 1 heterocycles. The zero-order chi connectivity index (χ0) is 44.6. The highest BCUT2D eigenvalue weighted by atomic mass is 16.7. The molecule has 326 valence electrons. The molecule has 0 fully saturated rings. The normalized spacial score (nSPS) is 19.0. The summed E-state index contributed by atoms with van der Waals surface area (Å²) in [7, 11) is 0. The number of amides is 5. The Morgan fingerprint density at radius 1 is 0.814 bits per heavy atom. The van der Waals surface area contributed by atoms with E-state index in [2.05, 4.69) is 20.9 Å². The Bertz CT molecular complexity index is 1740. The summed E-state index contributed by atoms with van der Waals surface area (Å²) in [5, 5.41) is 7.72. The molecule has 0 aromatic heterocycles. The lowest BCUT2D eigenvalue weighted by Crippen LogP contribution is -2.55. The van der Waals surface area contributed by atoms with Gasteiger partial charge in [-0.15, -0.1) is 0 Å². The molecule has 1 aromatic rings. The van der Waals surface area contributed by atoms with Crippen LogP contribution in [0.2, 0.25) is 0 Å². The second kappa shape index (κ2) is 20.1. The number of guanidine groups is 1. The minimum absolute atomic E-state index is 0.0210. The molecular formula is C42H61N5O12.